The normalized spacial score (nSPS) is 11.9. The topological polar surface area (TPSA) is 76.1 Å². The van der Waals surface area contributed by atoms with E-state index in [-0.39, 0.29) is 11.9 Å². The number of hydrogen-bond donors (Lipinski definition) is 2. The molecule has 0 radical (unpaired) electrons. The summed E-state index contributed by atoms with van der Waals surface area (Å²) in [5.74, 6) is 0.479. The van der Waals surface area contributed by atoms with Crippen LogP contribution < -0.4 is 15.4 Å². The van der Waals surface area contributed by atoms with Gasteiger partial charge in [-0.2, -0.15) is 0 Å². The summed E-state index contributed by atoms with van der Waals surface area (Å²) in [6.45, 7) is 4.79. The summed E-state index contributed by atoms with van der Waals surface area (Å²) in [6.07, 6.45) is 3.34. The highest BCUT2D eigenvalue weighted by Crippen LogP contribution is 2.14. The lowest BCUT2D eigenvalue weighted by atomic mass is 10.2. The van der Waals surface area contributed by atoms with Crippen molar-refractivity contribution in [1.29, 1.82) is 0 Å². The minimum atomic E-state index is -0.344. The first kappa shape index (κ1) is 15.4. The SMILES string of the molecule is CCOc1ncccc1CNC(C)C(=O)Nc1nccs1. The molecule has 2 rings (SSSR count). The molecule has 1 atom stereocenters. The van der Waals surface area contributed by atoms with E-state index < -0.39 is 0 Å². The van der Waals surface area contributed by atoms with Crippen molar-refractivity contribution in [2.24, 2.45) is 0 Å². The summed E-state index contributed by atoms with van der Waals surface area (Å²) in [5, 5.41) is 8.33. The molecule has 0 saturated carbocycles. The molecule has 0 fully saturated rings. The Bertz CT molecular complexity index is 574. The maximum atomic E-state index is 12.0. The van der Waals surface area contributed by atoms with Gasteiger partial charge in [0.05, 0.1) is 12.6 Å². The number of aromatic nitrogens is 2. The van der Waals surface area contributed by atoms with Crippen LogP contribution in [0.2, 0.25) is 0 Å². The number of amides is 1. The van der Waals surface area contributed by atoms with Gasteiger partial charge in [-0.1, -0.05) is 6.07 Å². The molecule has 21 heavy (non-hydrogen) atoms. The van der Waals surface area contributed by atoms with Gasteiger partial charge in [0.15, 0.2) is 5.13 Å². The summed E-state index contributed by atoms with van der Waals surface area (Å²) < 4.78 is 5.46. The molecule has 2 N–H and O–H groups in total. The molecule has 2 aromatic rings. The van der Waals surface area contributed by atoms with Crippen molar-refractivity contribution in [2.75, 3.05) is 11.9 Å². The van der Waals surface area contributed by atoms with Gasteiger partial charge in [0.2, 0.25) is 11.8 Å². The molecule has 6 nitrogen and oxygen atoms in total. The Labute approximate surface area is 127 Å². The summed E-state index contributed by atoms with van der Waals surface area (Å²) in [6, 6.07) is 3.43. The van der Waals surface area contributed by atoms with E-state index in [1.165, 1.54) is 11.3 Å². The molecular weight excluding hydrogens is 288 g/mol. The zero-order chi connectivity index (χ0) is 15.1. The van der Waals surface area contributed by atoms with Crippen LogP contribution in [0.3, 0.4) is 0 Å². The minimum absolute atomic E-state index is 0.119. The van der Waals surface area contributed by atoms with Crippen molar-refractivity contribution in [3.63, 3.8) is 0 Å². The predicted molar refractivity (Wildman–Crippen MR) is 82.5 cm³/mol. The molecule has 0 bridgehead atoms. The number of carbonyl (C=O) groups excluding carboxylic acids is 1. The smallest absolute Gasteiger partial charge is 0.243 e. The number of ether oxygens (including phenoxy) is 1. The molecule has 0 aromatic carbocycles. The Kier molecular flexibility index (Phi) is 5.65. The Morgan fingerprint density at radius 3 is 3.00 bits per heavy atom. The molecule has 1 unspecified atom stereocenters. The van der Waals surface area contributed by atoms with E-state index >= 15 is 0 Å². The predicted octanol–water partition coefficient (Wildman–Crippen LogP) is 2.05. The molecule has 0 aliphatic heterocycles. The minimum Gasteiger partial charge on any atom is -0.478 e. The Hall–Kier alpha value is -1.99. The van der Waals surface area contributed by atoms with E-state index in [1.54, 1.807) is 19.3 Å². The van der Waals surface area contributed by atoms with E-state index in [9.17, 15) is 4.79 Å². The molecule has 112 valence electrons. The third-order valence-electron chi connectivity index (χ3n) is 2.79. The van der Waals surface area contributed by atoms with Gasteiger partial charge in [-0.05, 0) is 19.9 Å². The van der Waals surface area contributed by atoms with Gasteiger partial charge in [0, 0.05) is 29.9 Å². The second kappa shape index (κ2) is 7.70. The van der Waals surface area contributed by atoms with Crippen molar-refractivity contribution < 1.29 is 9.53 Å². The van der Waals surface area contributed by atoms with Crippen LogP contribution in [0.25, 0.3) is 0 Å². The standard InChI is InChI=1S/C14H18N4O2S/c1-3-20-13-11(5-4-6-15-13)9-17-10(2)12(19)18-14-16-7-8-21-14/h4-8,10,17H,3,9H2,1-2H3,(H,16,18,19). The summed E-state index contributed by atoms with van der Waals surface area (Å²) >= 11 is 1.39. The van der Waals surface area contributed by atoms with Gasteiger partial charge < -0.3 is 15.4 Å². The third-order valence-corrected chi connectivity index (χ3v) is 3.47. The number of pyridine rings is 1. The fourth-order valence-electron chi connectivity index (χ4n) is 1.68. The van der Waals surface area contributed by atoms with Crippen LogP contribution in [0.4, 0.5) is 5.13 Å². The average Bonchev–Trinajstić information content (AvgIpc) is 2.99. The van der Waals surface area contributed by atoms with Crippen molar-refractivity contribution in [3.05, 3.63) is 35.5 Å². The second-order valence-corrected chi connectivity index (χ2v) is 5.22. The van der Waals surface area contributed by atoms with Gasteiger partial charge in [-0.3, -0.25) is 4.79 Å². The molecule has 2 heterocycles. The van der Waals surface area contributed by atoms with Gasteiger partial charge in [-0.15, -0.1) is 11.3 Å². The number of carbonyl (C=O) groups is 1. The van der Waals surface area contributed by atoms with Crippen LogP contribution in [0.5, 0.6) is 5.88 Å². The van der Waals surface area contributed by atoms with E-state index in [1.807, 2.05) is 24.4 Å². The van der Waals surface area contributed by atoms with Crippen molar-refractivity contribution in [1.82, 2.24) is 15.3 Å². The lowest BCUT2D eigenvalue weighted by Gasteiger charge is -2.14. The average molecular weight is 306 g/mol. The van der Waals surface area contributed by atoms with E-state index in [2.05, 4.69) is 20.6 Å². The van der Waals surface area contributed by atoms with Gasteiger partial charge in [0.1, 0.15) is 0 Å². The summed E-state index contributed by atoms with van der Waals surface area (Å²) in [7, 11) is 0. The number of nitrogens with zero attached hydrogens (tertiary/aromatic N) is 2. The third kappa shape index (κ3) is 4.51. The van der Waals surface area contributed by atoms with Crippen molar-refractivity contribution >= 4 is 22.4 Å². The van der Waals surface area contributed by atoms with Crippen LogP contribution in [0.15, 0.2) is 29.9 Å². The monoisotopic (exact) mass is 306 g/mol. The number of hydrogen-bond acceptors (Lipinski definition) is 6. The zero-order valence-electron chi connectivity index (χ0n) is 12.0. The Balaban J connectivity index is 1.88. The van der Waals surface area contributed by atoms with Crippen LogP contribution >= 0.6 is 11.3 Å². The number of thiazole rings is 1. The molecule has 1 amide bonds. The molecule has 0 saturated heterocycles. The quantitative estimate of drug-likeness (QED) is 0.819. The molecule has 2 aromatic heterocycles. The maximum Gasteiger partial charge on any atom is 0.243 e. The fraction of sp³-hybridized carbons (Fsp3) is 0.357. The number of rotatable bonds is 7. The largest absolute Gasteiger partial charge is 0.478 e. The summed E-state index contributed by atoms with van der Waals surface area (Å²) in [4.78, 5) is 20.2. The fourth-order valence-corrected chi connectivity index (χ4v) is 2.21. The second-order valence-electron chi connectivity index (χ2n) is 4.33. The number of nitrogens with one attached hydrogen (secondary N) is 2. The highest BCUT2D eigenvalue weighted by atomic mass is 32.1. The van der Waals surface area contributed by atoms with E-state index in [0.29, 0.717) is 24.2 Å². The van der Waals surface area contributed by atoms with Gasteiger partial charge in [0.25, 0.3) is 0 Å². The molecular formula is C14H18N4O2S. The first-order chi connectivity index (χ1) is 10.2. The zero-order valence-corrected chi connectivity index (χ0v) is 12.8. The Morgan fingerprint density at radius 2 is 2.29 bits per heavy atom. The first-order valence-corrected chi connectivity index (χ1v) is 7.59. The van der Waals surface area contributed by atoms with Crippen molar-refractivity contribution in [3.8, 4) is 5.88 Å². The number of anilines is 1. The highest BCUT2D eigenvalue weighted by Gasteiger charge is 2.14. The molecule has 7 heteroatoms. The van der Waals surface area contributed by atoms with Crippen LogP contribution in [0.1, 0.15) is 19.4 Å². The maximum absolute atomic E-state index is 12.0. The first-order valence-electron chi connectivity index (χ1n) is 6.71. The van der Waals surface area contributed by atoms with Crippen LogP contribution in [-0.2, 0) is 11.3 Å². The van der Waals surface area contributed by atoms with Gasteiger partial charge >= 0.3 is 0 Å². The van der Waals surface area contributed by atoms with Crippen LogP contribution in [-0.4, -0.2) is 28.5 Å². The van der Waals surface area contributed by atoms with Crippen molar-refractivity contribution in [2.45, 2.75) is 26.4 Å². The van der Waals surface area contributed by atoms with E-state index in [0.717, 1.165) is 5.56 Å². The van der Waals surface area contributed by atoms with Gasteiger partial charge in [-0.25, -0.2) is 9.97 Å². The summed E-state index contributed by atoms with van der Waals surface area (Å²) in [5.41, 5.74) is 0.924. The van der Waals surface area contributed by atoms with Crippen LogP contribution in [0, 0.1) is 0 Å². The molecule has 0 aliphatic rings. The highest BCUT2D eigenvalue weighted by molar-refractivity contribution is 7.13. The molecule has 0 spiro atoms. The lowest BCUT2D eigenvalue weighted by molar-refractivity contribution is -0.117. The molecule has 0 aliphatic carbocycles. The Morgan fingerprint density at radius 1 is 1.43 bits per heavy atom. The lowest BCUT2D eigenvalue weighted by Crippen LogP contribution is -2.37. The van der Waals surface area contributed by atoms with E-state index in [4.69, 9.17) is 4.74 Å².